The number of nitrogens with two attached hydrogens (primary N) is 1. The molecule has 0 aromatic heterocycles. The molecule has 0 fully saturated rings. The van der Waals surface area contributed by atoms with Crippen LogP contribution in [-0.2, 0) is 6.42 Å². The van der Waals surface area contributed by atoms with Gasteiger partial charge in [-0.2, -0.15) is 0 Å². The summed E-state index contributed by atoms with van der Waals surface area (Å²) in [5.74, 6) is 1.50. The van der Waals surface area contributed by atoms with Crippen LogP contribution >= 0.6 is 0 Å². The van der Waals surface area contributed by atoms with E-state index in [4.69, 9.17) is 10.5 Å². The Morgan fingerprint density at radius 1 is 1.21 bits per heavy atom. The highest BCUT2D eigenvalue weighted by molar-refractivity contribution is 5.54. The van der Waals surface area contributed by atoms with Crippen LogP contribution < -0.4 is 15.8 Å². The van der Waals surface area contributed by atoms with Crippen molar-refractivity contribution in [1.29, 1.82) is 0 Å². The highest BCUT2D eigenvalue weighted by Crippen LogP contribution is 2.24. The molecule has 3 heteroatoms. The first-order valence-electron chi connectivity index (χ1n) is 7.24. The number of nitrogen functional groups attached to an aromatic ring is 1. The van der Waals surface area contributed by atoms with Gasteiger partial charge in [0.1, 0.15) is 5.75 Å². The summed E-state index contributed by atoms with van der Waals surface area (Å²) in [4.78, 5) is 0. The van der Waals surface area contributed by atoms with Crippen molar-refractivity contribution in [3.63, 3.8) is 0 Å². The Morgan fingerprint density at radius 3 is 2.53 bits per heavy atom. The number of ether oxygens (including phenoxy) is 1. The second-order valence-corrected chi connectivity index (χ2v) is 5.74. The van der Waals surface area contributed by atoms with E-state index < -0.39 is 0 Å². The maximum absolute atomic E-state index is 6.00. The first kappa shape index (κ1) is 15.8. The van der Waals surface area contributed by atoms with Gasteiger partial charge >= 0.3 is 0 Å². The van der Waals surface area contributed by atoms with Crippen molar-refractivity contribution in [3.8, 4) is 5.75 Å². The molecule has 0 unspecified atom stereocenters. The molecule has 1 aromatic rings. The molecule has 0 heterocycles. The third-order valence-corrected chi connectivity index (χ3v) is 2.81. The predicted molar refractivity (Wildman–Crippen MR) is 82.6 cm³/mol. The Balaban J connectivity index is 2.37. The van der Waals surface area contributed by atoms with Crippen LogP contribution in [0.3, 0.4) is 0 Å². The molecule has 0 aliphatic heterocycles. The maximum atomic E-state index is 6.00. The van der Waals surface area contributed by atoms with Gasteiger partial charge in [0, 0.05) is 0 Å². The van der Waals surface area contributed by atoms with Gasteiger partial charge in [-0.25, -0.2) is 0 Å². The first-order chi connectivity index (χ1) is 8.99. The molecule has 0 amide bonds. The molecule has 1 aromatic carbocycles. The van der Waals surface area contributed by atoms with E-state index in [0.717, 1.165) is 37.4 Å². The van der Waals surface area contributed by atoms with Crippen LogP contribution in [0.4, 0.5) is 5.69 Å². The Morgan fingerprint density at radius 2 is 1.95 bits per heavy atom. The smallest absolute Gasteiger partial charge is 0.142 e. The Hall–Kier alpha value is -1.22. The highest BCUT2D eigenvalue weighted by atomic mass is 16.5. The normalized spacial score (nSPS) is 11.3. The summed E-state index contributed by atoms with van der Waals surface area (Å²) in [5, 5.41) is 3.45. The fraction of sp³-hybridized carbons (Fsp3) is 0.625. The number of hydrogen-bond donors (Lipinski definition) is 2. The lowest BCUT2D eigenvalue weighted by Crippen LogP contribution is -2.21. The maximum Gasteiger partial charge on any atom is 0.142 e. The van der Waals surface area contributed by atoms with E-state index in [1.54, 1.807) is 0 Å². The lowest BCUT2D eigenvalue weighted by atomic mass is 10.1. The number of aryl methyl sites for hydroxylation is 1. The molecule has 0 aliphatic carbocycles. The van der Waals surface area contributed by atoms with Gasteiger partial charge in [0.05, 0.1) is 11.8 Å². The first-order valence-corrected chi connectivity index (χ1v) is 7.24. The SMILES string of the molecule is CC(C)CNCCCc1ccc(OC(C)C)c(N)c1. The van der Waals surface area contributed by atoms with Crippen LogP contribution in [0.2, 0.25) is 0 Å². The molecule has 0 bridgehead atoms. The van der Waals surface area contributed by atoms with Gasteiger partial charge in [0.2, 0.25) is 0 Å². The van der Waals surface area contributed by atoms with Crippen molar-refractivity contribution in [2.75, 3.05) is 18.8 Å². The van der Waals surface area contributed by atoms with Crippen LogP contribution in [0.1, 0.15) is 39.7 Å². The molecule has 108 valence electrons. The van der Waals surface area contributed by atoms with Crippen molar-refractivity contribution in [2.45, 2.75) is 46.6 Å². The number of hydrogen-bond acceptors (Lipinski definition) is 3. The summed E-state index contributed by atoms with van der Waals surface area (Å²) < 4.78 is 5.63. The average Bonchev–Trinajstić information content (AvgIpc) is 2.31. The van der Waals surface area contributed by atoms with Crippen LogP contribution in [0.25, 0.3) is 0 Å². The fourth-order valence-corrected chi connectivity index (χ4v) is 1.92. The zero-order valence-electron chi connectivity index (χ0n) is 12.7. The van der Waals surface area contributed by atoms with E-state index in [-0.39, 0.29) is 6.10 Å². The quantitative estimate of drug-likeness (QED) is 0.560. The van der Waals surface area contributed by atoms with E-state index in [9.17, 15) is 0 Å². The highest BCUT2D eigenvalue weighted by Gasteiger charge is 2.04. The molecule has 0 aliphatic rings. The van der Waals surface area contributed by atoms with E-state index in [1.807, 2.05) is 26.0 Å². The summed E-state index contributed by atoms with van der Waals surface area (Å²) in [6.07, 6.45) is 2.35. The molecular formula is C16H28N2O. The monoisotopic (exact) mass is 264 g/mol. The van der Waals surface area contributed by atoms with Crippen molar-refractivity contribution >= 4 is 5.69 Å². The Bertz CT molecular complexity index is 375. The second kappa shape index (κ2) is 8.05. The molecule has 19 heavy (non-hydrogen) atoms. The largest absolute Gasteiger partial charge is 0.489 e. The molecule has 0 radical (unpaired) electrons. The Kier molecular flexibility index (Phi) is 6.71. The van der Waals surface area contributed by atoms with Gasteiger partial charge in [-0.05, 0) is 63.4 Å². The van der Waals surface area contributed by atoms with Gasteiger partial charge < -0.3 is 15.8 Å². The van der Waals surface area contributed by atoms with E-state index in [0.29, 0.717) is 5.92 Å². The summed E-state index contributed by atoms with van der Waals surface area (Å²) in [7, 11) is 0. The van der Waals surface area contributed by atoms with Gasteiger partial charge in [0.15, 0.2) is 0 Å². The molecule has 0 spiro atoms. The van der Waals surface area contributed by atoms with Gasteiger partial charge in [0.25, 0.3) is 0 Å². The van der Waals surface area contributed by atoms with E-state index >= 15 is 0 Å². The number of anilines is 1. The van der Waals surface area contributed by atoms with Gasteiger partial charge in [-0.1, -0.05) is 19.9 Å². The van der Waals surface area contributed by atoms with Crippen LogP contribution in [-0.4, -0.2) is 19.2 Å². The summed E-state index contributed by atoms with van der Waals surface area (Å²) in [5.41, 5.74) is 8.01. The molecule has 3 nitrogen and oxygen atoms in total. The van der Waals surface area contributed by atoms with E-state index in [1.165, 1.54) is 5.56 Å². The van der Waals surface area contributed by atoms with Crippen molar-refractivity contribution in [3.05, 3.63) is 23.8 Å². The number of benzene rings is 1. The van der Waals surface area contributed by atoms with Crippen molar-refractivity contribution in [2.24, 2.45) is 5.92 Å². The predicted octanol–water partition coefficient (Wildman–Crippen LogP) is 3.23. The zero-order valence-corrected chi connectivity index (χ0v) is 12.7. The standard InChI is InChI=1S/C16H28N2O/c1-12(2)11-18-9-5-6-14-7-8-16(15(17)10-14)19-13(3)4/h7-8,10,12-13,18H,5-6,9,11,17H2,1-4H3. The molecule has 0 saturated heterocycles. The van der Waals surface area contributed by atoms with Gasteiger partial charge in [-0.15, -0.1) is 0 Å². The fourth-order valence-electron chi connectivity index (χ4n) is 1.92. The van der Waals surface area contributed by atoms with Gasteiger partial charge in [-0.3, -0.25) is 0 Å². The topological polar surface area (TPSA) is 47.3 Å². The average molecular weight is 264 g/mol. The summed E-state index contributed by atoms with van der Waals surface area (Å²) in [6.45, 7) is 10.6. The molecule has 0 saturated carbocycles. The third kappa shape index (κ3) is 6.48. The minimum absolute atomic E-state index is 0.161. The lowest BCUT2D eigenvalue weighted by Gasteiger charge is -2.13. The minimum Gasteiger partial charge on any atom is -0.489 e. The minimum atomic E-state index is 0.161. The zero-order chi connectivity index (χ0) is 14.3. The van der Waals surface area contributed by atoms with Crippen molar-refractivity contribution < 1.29 is 4.74 Å². The summed E-state index contributed by atoms with van der Waals surface area (Å²) >= 11 is 0. The molecule has 1 rings (SSSR count). The summed E-state index contributed by atoms with van der Waals surface area (Å²) in [6, 6.07) is 6.11. The van der Waals surface area contributed by atoms with Crippen molar-refractivity contribution in [1.82, 2.24) is 5.32 Å². The van der Waals surface area contributed by atoms with Crippen LogP contribution in [0.15, 0.2) is 18.2 Å². The lowest BCUT2D eigenvalue weighted by molar-refractivity contribution is 0.244. The third-order valence-electron chi connectivity index (χ3n) is 2.81. The number of rotatable bonds is 8. The molecule has 3 N–H and O–H groups in total. The second-order valence-electron chi connectivity index (χ2n) is 5.74. The molecular weight excluding hydrogens is 236 g/mol. The van der Waals surface area contributed by atoms with Crippen LogP contribution in [0, 0.1) is 5.92 Å². The Labute approximate surface area is 117 Å². The molecule has 0 atom stereocenters. The van der Waals surface area contributed by atoms with E-state index in [2.05, 4.69) is 25.2 Å². The number of nitrogens with one attached hydrogen (secondary N) is 1. The van der Waals surface area contributed by atoms with Crippen LogP contribution in [0.5, 0.6) is 5.75 Å².